The van der Waals surface area contributed by atoms with Crippen molar-refractivity contribution in [1.82, 2.24) is 28.9 Å². The van der Waals surface area contributed by atoms with E-state index in [2.05, 4.69) is 124 Å². The lowest BCUT2D eigenvalue weighted by Crippen LogP contribution is -2.00. The van der Waals surface area contributed by atoms with Gasteiger partial charge in [0.1, 0.15) is 5.65 Å². The summed E-state index contributed by atoms with van der Waals surface area (Å²) in [6, 6.07) is 60.6. The standard InChI is InChI=1S/C46H30N6/c1-4-15-31(16-5-1)44-48-45(32-17-6-2-7-18-32)50-46(49-44)35-20-14-19-33(29-35)42-43(51-28-13-12-25-41(51)47-42)34-26-27-40-38(30-34)37-23-10-11-24-39(37)52(40)36-21-8-3-9-22-36/h1-30H. The number of benzene rings is 6. The predicted octanol–water partition coefficient (Wildman–Crippen LogP) is 11.0. The van der Waals surface area contributed by atoms with Gasteiger partial charge in [0.05, 0.1) is 22.4 Å². The molecule has 10 rings (SSSR count). The van der Waals surface area contributed by atoms with Crippen molar-refractivity contribution in [2.75, 3.05) is 0 Å². The Labute approximate surface area is 300 Å². The zero-order valence-electron chi connectivity index (χ0n) is 28.0. The van der Waals surface area contributed by atoms with Gasteiger partial charge in [-0.1, -0.05) is 127 Å². The van der Waals surface area contributed by atoms with Crippen molar-refractivity contribution in [1.29, 1.82) is 0 Å². The average Bonchev–Trinajstić information content (AvgIpc) is 3.78. The highest BCUT2D eigenvalue weighted by Gasteiger charge is 2.20. The fourth-order valence-electron chi connectivity index (χ4n) is 7.19. The number of para-hydroxylation sites is 2. The van der Waals surface area contributed by atoms with Crippen LogP contribution in [0.3, 0.4) is 0 Å². The number of nitrogens with zero attached hydrogens (tertiary/aromatic N) is 6. The summed E-state index contributed by atoms with van der Waals surface area (Å²) in [6.45, 7) is 0. The molecule has 0 unspecified atom stereocenters. The first-order chi connectivity index (χ1) is 25.8. The first-order valence-electron chi connectivity index (χ1n) is 17.3. The molecular weight excluding hydrogens is 637 g/mol. The van der Waals surface area contributed by atoms with E-state index >= 15 is 0 Å². The molecule has 0 aliphatic rings. The number of rotatable bonds is 6. The molecule has 0 saturated heterocycles. The van der Waals surface area contributed by atoms with Crippen LogP contribution < -0.4 is 0 Å². The average molecular weight is 667 g/mol. The Morgan fingerprint density at radius 1 is 0.365 bits per heavy atom. The van der Waals surface area contributed by atoms with Gasteiger partial charge in [-0.25, -0.2) is 19.9 Å². The van der Waals surface area contributed by atoms with E-state index in [0.717, 1.165) is 56.1 Å². The molecule has 4 heterocycles. The molecule has 0 amide bonds. The number of hydrogen-bond acceptors (Lipinski definition) is 4. The monoisotopic (exact) mass is 666 g/mol. The number of imidazole rings is 1. The van der Waals surface area contributed by atoms with Gasteiger partial charge < -0.3 is 4.57 Å². The summed E-state index contributed by atoms with van der Waals surface area (Å²) in [5.74, 6) is 1.87. The number of pyridine rings is 1. The van der Waals surface area contributed by atoms with E-state index in [4.69, 9.17) is 19.9 Å². The van der Waals surface area contributed by atoms with E-state index in [1.54, 1.807) is 0 Å². The van der Waals surface area contributed by atoms with E-state index in [9.17, 15) is 0 Å². The third-order valence-electron chi connectivity index (χ3n) is 9.58. The Hall–Kier alpha value is -7.18. The zero-order chi connectivity index (χ0) is 34.4. The molecule has 0 atom stereocenters. The third-order valence-corrected chi connectivity index (χ3v) is 9.58. The minimum atomic E-state index is 0.606. The molecule has 52 heavy (non-hydrogen) atoms. The van der Waals surface area contributed by atoms with Crippen LogP contribution in [-0.2, 0) is 0 Å². The summed E-state index contributed by atoms with van der Waals surface area (Å²) in [5.41, 5.74) is 11.1. The molecule has 6 nitrogen and oxygen atoms in total. The zero-order valence-corrected chi connectivity index (χ0v) is 28.0. The fourth-order valence-corrected chi connectivity index (χ4v) is 7.19. The van der Waals surface area contributed by atoms with Crippen molar-refractivity contribution in [2.24, 2.45) is 0 Å². The Bertz CT molecular complexity index is 2830. The van der Waals surface area contributed by atoms with Crippen molar-refractivity contribution in [2.45, 2.75) is 0 Å². The molecule has 0 aliphatic carbocycles. The second kappa shape index (κ2) is 12.3. The van der Waals surface area contributed by atoms with E-state index in [-0.39, 0.29) is 0 Å². The minimum Gasteiger partial charge on any atom is -0.309 e. The molecule has 244 valence electrons. The smallest absolute Gasteiger partial charge is 0.164 e. The van der Waals surface area contributed by atoms with Crippen molar-refractivity contribution >= 4 is 27.5 Å². The van der Waals surface area contributed by atoms with E-state index < -0.39 is 0 Å². The normalized spacial score (nSPS) is 11.5. The largest absolute Gasteiger partial charge is 0.309 e. The van der Waals surface area contributed by atoms with Gasteiger partial charge in [0.25, 0.3) is 0 Å². The van der Waals surface area contributed by atoms with Gasteiger partial charge in [-0.2, -0.15) is 0 Å². The highest BCUT2D eigenvalue weighted by atomic mass is 15.0. The Balaban J connectivity index is 1.15. The van der Waals surface area contributed by atoms with Gasteiger partial charge in [0, 0.05) is 50.5 Å². The second-order valence-corrected chi connectivity index (χ2v) is 12.8. The van der Waals surface area contributed by atoms with E-state index in [1.165, 1.54) is 16.3 Å². The van der Waals surface area contributed by atoms with E-state index in [1.807, 2.05) is 66.7 Å². The summed E-state index contributed by atoms with van der Waals surface area (Å²) in [4.78, 5) is 20.1. The molecule has 0 aliphatic heterocycles. The molecule has 0 saturated carbocycles. The first kappa shape index (κ1) is 29.7. The molecule has 4 aromatic heterocycles. The summed E-state index contributed by atoms with van der Waals surface area (Å²) >= 11 is 0. The van der Waals surface area contributed by atoms with E-state index in [0.29, 0.717) is 17.5 Å². The lowest BCUT2D eigenvalue weighted by Gasteiger charge is -2.10. The molecule has 0 spiro atoms. The first-order valence-corrected chi connectivity index (χ1v) is 17.3. The molecule has 0 radical (unpaired) electrons. The Morgan fingerprint density at radius 3 is 1.67 bits per heavy atom. The van der Waals surface area contributed by atoms with Gasteiger partial charge in [0.15, 0.2) is 17.5 Å². The molecule has 0 N–H and O–H groups in total. The van der Waals surface area contributed by atoms with Gasteiger partial charge in [-0.3, -0.25) is 4.40 Å². The fraction of sp³-hybridized carbons (Fsp3) is 0. The van der Waals surface area contributed by atoms with Crippen molar-refractivity contribution < 1.29 is 0 Å². The van der Waals surface area contributed by atoms with Crippen LogP contribution >= 0.6 is 0 Å². The van der Waals surface area contributed by atoms with Crippen LogP contribution in [0.2, 0.25) is 0 Å². The highest BCUT2D eigenvalue weighted by molar-refractivity contribution is 6.10. The van der Waals surface area contributed by atoms with Gasteiger partial charge in [-0.15, -0.1) is 0 Å². The highest BCUT2D eigenvalue weighted by Crippen LogP contribution is 2.39. The molecule has 10 aromatic rings. The van der Waals surface area contributed by atoms with Crippen LogP contribution in [0, 0.1) is 0 Å². The van der Waals surface area contributed by atoms with Gasteiger partial charge in [-0.05, 0) is 48.5 Å². The minimum absolute atomic E-state index is 0.606. The molecular formula is C46H30N6. The molecule has 6 heteroatoms. The molecule has 6 aromatic carbocycles. The third kappa shape index (κ3) is 5.05. The number of aromatic nitrogens is 6. The topological polar surface area (TPSA) is 60.9 Å². The van der Waals surface area contributed by atoms with Crippen LogP contribution in [0.4, 0.5) is 0 Å². The Morgan fingerprint density at radius 2 is 0.942 bits per heavy atom. The molecule has 0 fully saturated rings. The van der Waals surface area contributed by atoms with Crippen LogP contribution in [0.15, 0.2) is 182 Å². The summed E-state index contributed by atoms with van der Waals surface area (Å²) in [5, 5.41) is 2.40. The predicted molar refractivity (Wildman–Crippen MR) is 210 cm³/mol. The maximum atomic E-state index is 5.22. The van der Waals surface area contributed by atoms with Crippen molar-refractivity contribution in [3.8, 4) is 62.4 Å². The van der Waals surface area contributed by atoms with Gasteiger partial charge >= 0.3 is 0 Å². The summed E-state index contributed by atoms with van der Waals surface area (Å²) in [6.07, 6.45) is 2.09. The van der Waals surface area contributed by atoms with Gasteiger partial charge in [0.2, 0.25) is 0 Å². The van der Waals surface area contributed by atoms with Crippen LogP contribution in [0.5, 0.6) is 0 Å². The van der Waals surface area contributed by atoms with Crippen molar-refractivity contribution in [3.05, 3.63) is 182 Å². The Kier molecular flexibility index (Phi) is 7.03. The SMILES string of the molecule is c1ccc(-c2nc(-c3ccccc3)nc(-c3cccc(-c4nc5ccccn5c4-c4ccc5c(c4)c4ccccc4n5-c4ccccc4)c3)n2)cc1. The number of hydrogen-bond donors (Lipinski definition) is 0. The maximum Gasteiger partial charge on any atom is 0.164 e. The van der Waals surface area contributed by atoms with Crippen molar-refractivity contribution in [3.63, 3.8) is 0 Å². The van der Waals surface area contributed by atoms with Crippen LogP contribution in [0.1, 0.15) is 0 Å². The van der Waals surface area contributed by atoms with Crippen LogP contribution in [0.25, 0.3) is 89.8 Å². The second-order valence-electron chi connectivity index (χ2n) is 12.8. The summed E-state index contributed by atoms with van der Waals surface area (Å²) < 4.78 is 4.53. The molecule has 0 bridgehead atoms. The lowest BCUT2D eigenvalue weighted by atomic mass is 10.0. The quantitative estimate of drug-likeness (QED) is 0.177. The maximum absolute atomic E-state index is 5.22. The summed E-state index contributed by atoms with van der Waals surface area (Å²) in [7, 11) is 0. The number of fused-ring (bicyclic) bond motifs is 4. The van der Waals surface area contributed by atoms with Crippen LogP contribution in [-0.4, -0.2) is 28.9 Å². The lowest BCUT2D eigenvalue weighted by molar-refractivity contribution is 1.07.